The van der Waals surface area contributed by atoms with Crippen molar-refractivity contribution < 1.29 is 0 Å². The van der Waals surface area contributed by atoms with Crippen molar-refractivity contribution in [2.45, 2.75) is 0 Å². The van der Waals surface area contributed by atoms with Gasteiger partial charge in [-0.05, 0) is 27.1 Å². The van der Waals surface area contributed by atoms with Gasteiger partial charge in [-0.25, -0.2) is 0 Å². The topological polar surface area (TPSA) is 0 Å². The van der Waals surface area contributed by atoms with Crippen LogP contribution < -0.4 is 5.19 Å². The van der Waals surface area contributed by atoms with Crippen LogP contribution in [0.2, 0.25) is 0 Å². The zero-order chi connectivity index (χ0) is 13.2. The third-order valence-corrected chi connectivity index (χ3v) is 5.66. The van der Waals surface area contributed by atoms with Crippen molar-refractivity contribution >= 4 is 45.5 Å². The smallest absolute Gasteiger partial charge is 0.144 e. The molecule has 0 heterocycles. The Morgan fingerprint density at radius 1 is 0.632 bits per heavy atom. The lowest BCUT2D eigenvalue weighted by molar-refractivity contribution is 1.68. The van der Waals surface area contributed by atoms with E-state index in [1.165, 1.54) is 16.3 Å². The first kappa shape index (κ1) is 12.7. The van der Waals surface area contributed by atoms with Gasteiger partial charge in [0.15, 0.2) is 0 Å². The second-order valence-electron chi connectivity index (χ2n) is 4.41. The summed E-state index contributed by atoms with van der Waals surface area (Å²) in [4.78, 5) is 0. The van der Waals surface area contributed by atoms with Gasteiger partial charge in [0.2, 0.25) is 0 Å². The summed E-state index contributed by atoms with van der Waals surface area (Å²) in [6.07, 6.45) is 0. The second kappa shape index (κ2) is 5.38. The highest BCUT2D eigenvalue weighted by atomic mass is 35.7. The molecule has 3 aromatic rings. The van der Waals surface area contributed by atoms with Gasteiger partial charge in [0, 0.05) is 0 Å². The van der Waals surface area contributed by atoms with Crippen molar-refractivity contribution in [2.75, 3.05) is 0 Å². The maximum atomic E-state index is 6.21. The number of halogens is 2. The molecule has 0 radical (unpaired) electrons. The van der Waals surface area contributed by atoms with Gasteiger partial charge in [0.1, 0.15) is 0 Å². The highest BCUT2D eigenvalue weighted by Crippen LogP contribution is 2.28. The van der Waals surface area contributed by atoms with Crippen LogP contribution in [0.4, 0.5) is 0 Å². The third kappa shape index (κ3) is 2.42. The number of hydrogen-bond donors (Lipinski definition) is 0. The minimum atomic E-state index is -1.87. The fourth-order valence-electron chi connectivity index (χ4n) is 2.39. The van der Waals surface area contributed by atoms with Crippen LogP contribution in [0.5, 0.6) is 0 Å². The summed E-state index contributed by atoms with van der Waals surface area (Å²) in [7, 11) is -1.87. The summed E-state index contributed by atoms with van der Waals surface area (Å²) in [5.74, 6) is 0. The molecule has 0 spiro atoms. The quantitative estimate of drug-likeness (QED) is 0.486. The molecule has 3 aromatic carbocycles. The molecule has 0 nitrogen and oxygen atoms in total. The van der Waals surface area contributed by atoms with Gasteiger partial charge < -0.3 is 0 Å². The molecule has 3 heteroatoms. The van der Waals surface area contributed by atoms with E-state index in [2.05, 4.69) is 48.5 Å². The summed E-state index contributed by atoms with van der Waals surface area (Å²) in [6.45, 7) is 0. The maximum Gasteiger partial charge on any atom is 0.267 e. The van der Waals surface area contributed by atoms with Crippen molar-refractivity contribution in [1.82, 2.24) is 0 Å². The highest BCUT2D eigenvalue weighted by Gasteiger charge is 2.14. The Bertz CT molecular complexity index is 717. The molecule has 0 saturated heterocycles. The Morgan fingerprint density at radius 2 is 1.26 bits per heavy atom. The molecule has 0 aliphatic heterocycles. The van der Waals surface area contributed by atoms with E-state index in [9.17, 15) is 0 Å². The van der Waals surface area contributed by atoms with Gasteiger partial charge in [-0.1, -0.05) is 66.7 Å². The van der Waals surface area contributed by atoms with Gasteiger partial charge in [-0.15, -0.1) is 22.2 Å². The molecule has 0 atom stereocenters. The van der Waals surface area contributed by atoms with Crippen LogP contribution in [0, 0.1) is 0 Å². The summed E-state index contributed by atoms with van der Waals surface area (Å²) in [5.41, 5.74) is 2.36. The zero-order valence-corrected chi connectivity index (χ0v) is 12.9. The monoisotopic (exact) mass is 302 g/mol. The Balaban J connectivity index is 2.31. The molecule has 0 unspecified atom stereocenters. The first-order valence-corrected chi connectivity index (χ1v) is 10.2. The van der Waals surface area contributed by atoms with Gasteiger partial charge in [-0.2, -0.15) is 0 Å². The van der Waals surface area contributed by atoms with Crippen molar-refractivity contribution in [3.05, 3.63) is 66.7 Å². The van der Waals surface area contributed by atoms with Crippen LogP contribution in [-0.2, 0) is 0 Å². The Hall–Kier alpha value is -1.28. The standard InChI is InChI=1S/C16H12Cl2Si/c17-19(18)16-11-4-3-9-15(16)14-10-5-7-12-6-1-2-8-13(12)14/h1-11,19H. The molecule has 0 N–H and O–H groups in total. The number of rotatable bonds is 2. The molecule has 0 saturated carbocycles. The average Bonchev–Trinajstić information content (AvgIpc) is 2.46. The van der Waals surface area contributed by atoms with Crippen molar-refractivity contribution in [3.8, 4) is 11.1 Å². The molecule has 3 rings (SSSR count). The van der Waals surface area contributed by atoms with E-state index in [4.69, 9.17) is 22.2 Å². The molecular weight excluding hydrogens is 291 g/mol. The predicted molar refractivity (Wildman–Crippen MR) is 87.9 cm³/mol. The zero-order valence-electron chi connectivity index (χ0n) is 10.2. The molecule has 19 heavy (non-hydrogen) atoms. The average molecular weight is 303 g/mol. The molecular formula is C16H12Cl2Si. The second-order valence-corrected chi connectivity index (χ2v) is 8.93. The number of fused-ring (bicyclic) bond motifs is 1. The van der Waals surface area contributed by atoms with Crippen LogP contribution in [-0.4, -0.2) is 7.42 Å². The molecule has 0 aromatic heterocycles. The van der Waals surface area contributed by atoms with Gasteiger partial charge in [-0.3, -0.25) is 0 Å². The largest absolute Gasteiger partial charge is 0.267 e. The Morgan fingerprint density at radius 3 is 2.11 bits per heavy atom. The van der Waals surface area contributed by atoms with Crippen LogP contribution in [0.15, 0.2) is 66.7 Å². The van der Waals surface area contributed by atoms with E-state index in [-0.39, 0.29) is 0 Å². The van der Waals surface area contributed by atoms with E-state index in [1.54, 1.807) is 0 Å². The van der Waals surface area contributed by atoms with E-state index < -0.39 is 7.42 Å². The Labute approximate surface area is 123 Å². The number of benzene rings is 3. The molecule has 0 amide bonds. The molecule has 0 bridgehead atoms. The molecule has 0 aliphatic carbocycles. The molecule has 0 aliphatic rings. The SMILES string of the molecule is Cl[SiH](Cl)c1ccccc1-c1cccc2ccccc12. The van der Waals surface area contributed by atoms with E-state index >= 15 is 0 Å². The molecule has 94 valence electrons. The normalized spacial score (nSPS) is 11.1. The summed E-state index contributed by atoms with van der Waals surface area (Å²) < 4.78 is 0. The summed E-state index contributed by atoms with van der Waals surface area (Å²) in [6, 6.07) is 22.9. The first-order chi connectivity index (χ1) is 9.27. The molecule has 0 fully saturated rings. The van der Waals surface area contributed by atoms with Gasteiger partial charge >= 0.3 is 0 Å². The first-order valence-electron chi connectivity index (χ1n) is 6.12. The van der Waals surface area contributed by atoms with E-state index in [0.29, 0.717) is 0 Å². The van der Waals surface area contributed by atoms with E-state index in [0.717, 1.165) is 10.8 Å². The van der Waals surface area contributed by atoms with E-state index in [1.807, 2.05) is 18.2 Å². The lowest BCUT2D eigenvalue weighted by Crippen LogP contribution is -2.20. The lowest BCUT2D eigenvalue weighted by Gasteiger charge is -2.12. The minimum Gasteiger partial charge on any atom is -0.144 e. The predicted octanol–water partition coefficient (Wildman–Crippen LogP) is 4.41. The van der Waals surface area contributed by atoms with Crippen molar-refractivity contribution in [3.63, 3.8) is 0 Å². The fourth-order valence-corrected chi connectivity index (χ4v) is 4.28. The van der Waals surface area contributed by atoms with Crippen molar-refractivity contribution in [2.24, 2.45) is 0 Å². The van der Waals surface area contributed by atoms with Crippen LogP contribution in [0.1, 0.15) is 0 Å². The summed E-state index contributed by atoms with van der Waals surface area (Å²) >= 11 is 12.4. The Kier molecular flexibility index (Phi) is 3.60. The van der Waals surface area contributed by atoms with Crippen molar-refractivity contribution in [1.29, 1.82) is 0 Å². The van der Waals surface area contributed by atoms with Crippen LogP contribution >= 0.6 is 22.2 Å². The number of hydrogen-bond acceptors (Lipinski definition) is 0. The van der Waals surface area contributed by atoms with Gasteiger partial charge in [0.05, 0.1) is 0 Å². The summed E-state index contributed by atoms with van der Waals surface area (Å²) in [5, 5.41) is 3.56. The fraction of sp³-hybridized carbons (Fsp3) is 0. The van der Waals surface area contributed by atoms with Gasteiger partial charge in [0.25, 0.3) is 7.42 Å². The minimum absolute atomic E-state index is 1.09. The van der Waals surface area contributed by atoms with Crippen LogP contribution in [0.3, 0.4) is 0 Å². The highest BCUT2D eigenvalue weighted by molar-refractivity contribution is 7.39. The van der Waals surface area contributed by atoms with Crippen LogP contribution in [0.25, 0.3) is 21.9 Å². The lowest BCUT2D eigenvalue weighted by atomic mass is 9.98. The third-order valence-electron chi connectivity index (χ3n) is 3.28. The maximum absolute atomic E-state index is 6.21.